The molecule has 2 aromatic carbocycles. The lowest BCUT2D eigenvalue weighted by atomic mass is 10.2. The van der Waals surface area contributed by atoms with Crippen molar-refractivity contribution in [2.75, 3.05) is 42.1 Å². The van der Waals surface area contributed by atoms with E-state index in [1.54, 1.807) is 6.07 Å². The molecule has 5 nitrogen and oxygen atoms in total. The van der Waals surface area contributed by atoms with E-state index in [0.717, 1.165) is 36.4 Å². The van der Waals surface area contributed by atoms with Crippen LogP contribution in [-0.4, -0.2) is 32.2 Å². The molecule has 0 atom stereocenters. The van der Waals surface area contributed by atoms with Crippen molar-refractivity contribution in [3.63, 3.8) is 0 Å². The molecule has 3 aromatic rings. The van der Waals surface area contributed by atoms with E-state index in [1.807, 2.05) is 38.4 Å². The second kappa shape index (κ2) is 10.4. The van der Waals surface area contributed by atoms with Crippen LogP contribution in [0.4, 0.5) is 26.6 Å². The van der Waals surface area contributed by atoms with Gasteiger partial charge in [0.2, 0.25) is 0 Å². The second-order valence-electron chi connectivity index (χ2n) is 6.10. The van der Waals surface area contributed by atoms with Crippen molar-refractivity contribution in [2.24, 2.45) is 0 Å². The number of hydrogen-bond donors (Lipinski definition) is 3. The third-order valence-corrected chi connectivity index (χ3v) is 6.33. The minimum absolute atomic E-state index is 0.367. The molecule has 0 aliphatic heterocycles. The summed E-state index contributed by atoms with van der Waals surface area (Å²) in [6.07, 6.45) is 1.54. The average Bonchev–Trinajstić information content (AvgIpc) is 3.13. The lowest BCUT2D eigenvalue weighted by Crippen LogP contribution is -2.27. The fourth-order valence-electron chi connectivity index (χ4n) is 2.56. The molecule has 154 valence electrons. The number of benzene rings is 2. The van der Waals surface area contributed by atoms with Crippen molar-refractivity contribution in [2.45, 2.75) is 4.90 Å². The normalized spacial score (nSPS) is 10.8. The number of anilines is 4. The van der Waals surface area contributed by atoms with E-state index >= 15 is 0 Å². The predicted octanol–water partition coefficient (Wildman–Crippen LogP) is 6.11. The summed E-state index contributed by atoms with van der Waals surface area (Å²) in [5, 5.41) is 7.40. The molecule has 0 unspecified atom stereocenters. The maximum atomic E-state index is 14.6. The number of thiazole rings is 1. The highest BCUT2D eigenvalue weighted by Gasteiger charge is 2.13. The lowest BCUT2D eigenvalue weighted by Gasteiger charge is -2.23. The van der Waals surface area contributed by atoms with E-state index in [2.05, 4.69) is 25.2 Å². The molecule has 0 aliphatic carbocycles. The van der Waals surface area contributed by atoms with Gasteiger partial charge in [-0.2, -0.15) is 0 Å². The molecule has 29 heavy (non-hydrogen) atoms. The summed E-state index contributed by atoms with van der Waals surface area (Å²) >= 11 is 14.7. The molecule has 10 heteroatoms. The number of halogens is 3. The van der Waals surface area contributed by atoms with Crippen molar-refractivity contribution >= 4 is 68.7 Å². The van der Waals surface area contributed by atoms with E-state index in [1.165, 1.54) is 23.6 Å². The topological polar surface area (TPSA) is 52.2 Å². The molecule has 3 rings (SSSR count). The number of likely N-dealkylation sites (N-methyl/N-ethyl adjacent to an activating group) is 2. The fraction of sp³-hybridized carbons (Fsp3) is 0.211. The zero-order valence-corrected chi connectivity index (χ0v) is 18.9. The first-order valence-corrected chi connectivity index (χ1v) is 11.1. The third kappa shape index (κ3) is 5.90. The van der Waals surface area contributed by atoms with Crippen LogP contribution in [0.5, 0.6) is 0 Å². The number of nitrogens with one attached hydrogen (secondary N) is 3. The Morgan fingerprint density at radius 2 is 2.00 bits per heavy atom. The zero-order valence-electron chi connectivity index (χ0n) is 15.8. The number of hydrogen-bond acceptors (Lipinski definition) is 7. The van der Waals surface area contributed by atoms with Crippen LogP contribution in [0, 0.1) is 5.82 Å². The zero-order chi connectivity index (χ0) is 20.8. The summed E-state index contributed by atoms with van der Waals surface area (Å²) in [6, 6.07) is 10.8. The molecule has 0 fully saturated rings. The van der Waals surface area contributed by atoms with Gasteiger partial charge in [0.05, 0.1) is 33.2 Å². The minimum atomic E-state index is -0.391. The first-order valence-electron chi connectivity index (χ1n) is 8.73. The minimum Gasteiger partial charge on any atom is -0.372 e. The van der Waals surface area contributed by atoms with Gasteiger partial charge in [0.15, 0.2) is 5.13 Å². The van der Waals surface area contributed by atoms with Gasteiger partial charge >= 0.3 is 0 Å². The van der Waals surface area contributed by atoms with Crippen molar-refractivity contribution in [3.05, 3.63) is 57.8 Å². The van der Waals surface area contributed by atoms with Crippen LogP contribution in [0.2, 0.25) is 9.36 Å². The van der Waals surface area contributed by atoms with Crippen molar-refractivity contribution < 1.29 is 4.39 Å². The number of rotatable bonds is 9. The largest absolute Gasteiger partial charge is 0.372 e. The summed E-state index contributed by atoms with van der Waals surface area (Å²) in [5.41, 5.74) is 2.35. The Hall–Kier alpha value is -1.71. The Labute approximate surface area is 187 Å². The van der Waals surface area contributed by atoms with Crippen LogP contribution in [0.1, 0.15) is 0 Å². The molecule has 0 aliphatic rings. The van der Waals surface area contributed by atoms with Gasteiger partial charge in [-0.15, -0.1) is 0 Å². The molecule has 1 heterocycles. The van der Waals surface area contributed by atoms with Crippen LogP contribution in [0.25, 0.3) is 0 Å². The van der Waals surface area contributed by atoms with Gasteiger partial charge in [-0.3, -0.25) is 0 Å². The molecule has 0 amide bonds. The summed E-state index contributed by atoms with van der Waals surface area (Å²) in [4.78, 5) is 6.57. The Kier molecular flexibility index (Phi) is 7.85. The van der Waals surface area contributed by atoms with Crippen LogP contribution < -0.4 is 20.3 Å². The Morgan fingerprint density at radius 3 is 2.72 bits per heavy atom. The number of nitrogens with zero attached hydrogens (tertiary/aromatic N) is 2. The molecule has 0 spiro atoms. The Balaban J connectivity index is 1.76. The maximum Gasteiger partial charge on any atom is 0.194 e. The maximum absolute atomic E-state index is 14.6. The van der Waals surface area contributed by atoms with Gasteiger partial charge in [-0.1, -0.05) is 46.7 Å². The quantitative estimate of drug-likeness (QED) is 0.327. The van der Waals surface area contributed by atoms with E-state index in [9.17, 15) is 4.39 Å². The highest BCUT2D eigenvalue weighted by Crippen LogP contribution is 2.36. The SMILES string of the molecule is CNCCN(C)c1ccccc1Nc1cc(F)c(SNc2ncc(Cl)s2)cc1Cl. The van der Waals surface area contributed by atoms with E-state index in [0.29, 0.717) is 25.1 Å². The van der Waals surface area contributed by atoms with E-state index in [-0.39, 0.29) is 0 Å². The van der Waals surface area contributed by atoms with Crippen LogP contribution >= 0.6 is 46.5 Å². The summed E-state index contributed by atoms with van der Waals surface area (Å²) in [7, 11) is 3.92. The molecular weight excluding hydrogens is 452 g/mol. The monoisotopic (exact) mass is 471 g/mol. The van der Waals surface area contributed by atoms with Crippen molar-refractivity contribution in [3.8, 4) is 0 Å². The molecule has 0 radical (unpaired) electrons. The van der Waals surface area contributed by atoms with Crippen molar-refractivity contribution in [1.82, 2.24) is 10.3 Å². The summed E-state index contributed by atoms with van der Waals surface area (Å²) in [6.45, 7) is 1.68. The highest BCUT2D eigenvalue weighted by atomic mass is 35.5. The standard InChI is InChI=1S/C19H20Cl2FN5S2/c1-23-7-8-27(2)16-6-4-3-5-14(16)25-15-10-13(22)17(9-12(15)20)29-26-19-24-11-18(21)28-19/h3-6,9-11,23,25H,7-8H2,1-2H3,(H,24,26). The smallest absolute Gasteiger partial charge is 0.194 e. The van der Waals surface area contributed by atoms with E-state index < -0.39 is 5.82 Å². The van der Waals surface area contributed by atoms with E-state index in [4.69, 9.17) is 23.2 Å². The molecule has 3 N–H and O–H groups in total. The molecule has 0 saturated heterocycles. The van der Waals surface area contributed by atoms with Crippen LogP contribution in [-0.2, 0) is 0 Å². The molecule has 1 aromatic heterocycles. The molecular formula is C19H20Cl2FN5S2. The van der Waals surface area contributed by atoms with Gasteiger partial charge in [0.1, 0.15) is 10.2 Å². The van der Waals surface area contributed by atoms with Gasteiger partial charge < -0.3 is 20.3 Å². The molecule has 0 saturated carbocycles. The number of para-hydroxylation sites is 2. The van der Waals surface area contributed by atoms with Crippen LogP contribution in [0.15, 0.2) is 47.5 Å². The van der Waals surface area contributed by atoms with Crippen molar-refractivity contribution in [1.29, 1.82) is 0 Å². The summed E-state index contributed by atoms with van der Waals surface area (Å²) < 4.78 is 18.2. The Morgan fingerprint density at radius 1 is 1.21 bits per heavy atom. The van der Waals surface area contributed by atoms with Gasteiger partial charge in [0, 0.05) is 26.2 Å². The van der Waals surface area contributed by atoms with Gasteiger partial charge in [0.25, 0.3) is 0 Å². The molecule has 0 bridgehead atoms. The second-order valence-corrected chi connectivity index (χ2v) is 9.02. The van der Waals surface area contributed by atoms with Gasteiger partial charge in [-0.05, 0) is 37.2 Å². The third-order valence-electron chi connectivity index (χ3n) is 4.03. The predicted molar refractivity (Wildman–Crippen MR) is 125 cm³/mol. The lowest BCUT2D eigenvalue weighted by molar-refractivity contribution is 0.603. The van der Waals surface area contributed by atoms with Crippen LogP contribution in [0.3, 0.4) is 0 Å². The first-order chi connectivity index (χ1) is 14.0. The van der Waals surface area contributed by atoms with Gasteiger partial charge in [-0.25, -0.2) is 9.37 Å². The average molecular weight is 472 g/mol. The summed E-state index contributed by atoms with van der Waals surface area (Å²) in [5.74, 6) is -0.391. The number of aromatic nitrogens is 1. The fourth-order valence-corrected chi connectivity index (χ4v) is 4.37. The first kappa shape index (κ1) is 22.0. The highest BCUT2D eigenvalue weighted by molar-refractivity contribution is 8.00. The Bertz CT molecular complexity index is 970.